The van der Waals surface area contributed by atoms with Gasteiger partial charge >= 0.3 is 0 Å². The van der Waals surface area contributed by atoms with Crippen molar-refractivity contribution < 1.29 is 13.2 Å². The highest BCUT2D eigenvalue weighted by molar-refractivity contribution is 7.88. The van der Waals surface area contributed by atoms with Crippen LogP contribution in [0.25, 0.3) is 0 Å². The molecular formula is C11H23N3O3S. The zero-order valence-corrected chi connectivity index (χ0v) is 12.0. The van der Waals surface area contributed by atoms with E-state index in [2.05, 4.69) is 11.6 Å². The molecule has 0 radical (unpaired) electrons. The van der Waals surface area contributed by atoms with Gasteiger partial charge in [0.15, 0.2) is 0 Å². The van der Waals surface area contributed by atoms with Crippen molar-refractivity contribution in [1.82, 2.24) is 9.62 Å². The lowest BCUT2D eigenvalue weighted by molar-refractivity contribution is -0.137. The van der Waals surface area contributed by atoms with Crippen molar-refractivity contribution >= 4 is 15.9 Å². The highest BCUT2D eigenvalue weighted by Gasteiger charge is 2.33. The van der Waals surface area contributed by atoms with Gasteiger partial charge in [-0.1, -0.05) is 6.92 Å². The Morgan fingerprint density at radius 1 is 1.56 bits per heavy atom. The molecule has 1 heterocycles. The van der Waals surface area contributed by atoms with E-state index in [0.717, 1.165) is 19.1 Å². The van der Waals surface area contributed by atoms with E-state index in [4.69, 9.17) is 5.73 Å². The zero-order valence-electron chi connectivity index (χ0n) is 11.2. The van der Waals surface area contributed by atoms with Gasteiger partial charge in [-0.25, -0.2) is 13.1 Å². The molecule has 1 amide bonds. The number of hydrogen-bond acceptors (Lipinski definition) is 4. The topological polar surface area (TPSA) is 92.5 Å². The van der Waals surface area contributed by atoms with Crippen molar-refractivity contribution in [2.75, 3.05) is 19.3 Å². The van der Waals surface area contributed by atoms with Crippen LogP contribution < -0.4 is 10.5 Å². The molecule has 0 bridgehead atoms. The predicted molar refractivity (Wildman–Crippen MR) is 70.4 cm³/mol. The standard InChI is InChI=1S/C11H23N3O3S/c1-8-5-4-6-14(10(8)7-12)11(15)9(2)13-18(3,16)17/h8-10,13H,4-7,12H2,1-3H3/t8-,9-,10+/m0/s1. The summed E-state index contributed by atoms with van der Waals surface area (Å²) in [4.78, 5) is 14.0. The van der Waals surface area contributed by atoms with Gasteiger partial charge in [-0.3, -0.25) is 4.79 Å². The van der Waals surface area contributed by atoms with Gasteiger partial charge in [0.2, 0.25) is 15.9 Å². The van der Waals surface area contributed by atoms with Crippen LogP contribution in [0.15, 0.2) is 0 Å². The number of sulfonamides is 1. The van der Waals surface area contributed by atoms with Crippen LogP contribution in [0.2, 0.25) is 0 Å². The number of hydrogen-bond donors (Lipinski definition) is 2. The van der Waals surface area contributed by atoms with Crippen molar-refractivity contribution in [3.63, 3.8) is 0 Å². The molecule has 7 heteroatoms. The summed E-state index contributed by atoms with van der Waals surface area (Å²) in [5, 5.41) is 0. The SMILES string of the molecule is C[C@H](NS(C)(=O)=O)C(=O)N1CCC[C@H](C)[C@H]1CN. The van der Waals surface area contributed by atoms with E-state index in [1.54, 1.807) is 11.8 Å². The van der Waals surface area contributed by atoms with Gasteiger partial charge in [0.05, 0.1) is 12.3 Å². The molecule has 0 unspecified atom stereocenters. The second-order valence-corrected chi connectivity index (χ2v) is 6.85. The Labute approximate surface area is 109 Å². The van der Waals surface area contributed by atoms with Gasteiger partial charge in [0.25, 0.3) is 0 Å². The maximum Gasteiger partial charge on any atom is 0.240 e. The second-order valence-electron chi connectivity index (χ2n) is 5.07. The van der Waals surface area contributed by atoms with Crippen LogP contribution in [0.4, 0.5) is 0 Å². The zero-order chi connectivity index (χ0) is 13.9. The van der Waals surface area contributed by atoms with Crippen LogP contribution in [-0.2, 0) is 14.8 Å². The van der Waals surface area contributed by atoms with Gasteiger partial charge in [-0.15, -0.1) is 0 Å². The molecule has 0 saturated carbocycles. The lowest BCUT2D eigenvalue weighted by Gasteiger charge is -2.40. The Morgan fingerprint density at radius 2 is 2.17 bits per heavy atom. The average Bonchev–Trinajstić information content (AvgIpc) is 2.25. The molecular weight excluding hydrogens is 254 g/mol. The number of piperidine rings is 1. The van der Waals surface area contributed by atoms with Crippen molar-refractivity contribution in [2.45, 2.75) is 38.8 Å². The third kappa shape index (κ3) is 3.93. The number of likely N-dealkylation sites (tertiary alicyclic amines) is 1. The van der Waals surface area contributed by atoms with E-state index in [-0.39, 0.29) is 11.9 Å². The predicted octanol–water partition coefficient (Wildman–Crippen LogP) is -0.490. The minimum Gasteiger partial charge on any atom is -0.337 e. The van der Waals surface area contributed by atoms with Crippen LogP contribution in [-0.4, -0.2) is 50.7 Å². The van der Waals surface area contributed by atoms with Crippen molar-refractivity contribution in [1.29, 1.82) is 0 Å². The first-order valence-electron chi connectivity index (χ1n) is 6.24. The Kier molecular flexibility index (Phi) is 5.12. The summed E-state index contributed by atoms with van der Waals surface area (Å²) in [5.41, 5.74) is 5.72. The molecule has 0 aromatic rings. The third-order valence-electron chi connectivity index (χ3n) is 3.40. The summed E-state index contributed by atoms with van der Waals surface area (Å²) in [6.07, 6.45) is 3.05. The largest absolute Gasteiger partial charge is 0.337 e. The lowest BCUT2D eigenvalue weighted by Crippen LogP contribution is -2.56. The molecule has 3 atom stereocenters. The third-order valence-corrected chi connectivity index (χ3v) is 4.18. The Bertz CT molecular complexity index is 396. The van der Waals surface area contributed by atoms with E-state index in [1.807, 2.05) is 0 Å². The van der Waals surface area contributed by atoms with Gasteiger partial charge < -0.3 is 10.6 Å². The number of amides is 1. The summed E-state index contributed by atoms with van der Waals surface area (Å²) < 4.78 is 24.6. The fourth-order valence-corrected chi connectivity index (χ4v) is 3.25. The number of nitrogens with zero attached hydrogens (tertiary/aromatic N) is 1. The maximum atomic E-state index is 12.2. The molecule has 1 rings (SSSR count). The molecule has 6 nitrogen and oxygen atoms in total. The molecule has 0 aromatic heterocycles. The molecule has 106 valence electrons. The fourth-order valence-electron chi connectivity index (χ4n) is 2.50. The van der Waals surface area contributed by atoms with Gasteiger partial charge in [0, 0.05) is 19.1 Å². The number of nitrogens with one attached hydrogen (secondary N) is 1. The first kappa shape index (κ1) is 15.4. The quantitative estimate of drug-likeness (QED) is 0.725. The summed E-state index contributed by atoms with van der Waals surface area (Å²) in [6.45, 7) is 4.71. The maximum absolute atomic E-state index is 12.2. The summed E-state index contributed by atoms with van der Waals surface area (Å²) >= 11 is 0. The van der Waals surface area contributed by atoms with Crippen molar-refractivity contribution in [2.24, 2.45) is 11.7 Å². The number of carbonyl (C=O) groups is 1. The molecule has 0 aromatic carbocycles. The van der Waals surface area contributed by atoms with Crippen LogP contribution in [0, 0.1) is 5.92 Å². The smallest absolute Gasteiger partial charge is 0.240 e. The van der Waals surface area contributed by atoms with E-state index >= 15 is 0 Å². The molecule has 3 N–H and O–H groups in total. The van der Waals surface area contributed by atoms with Crippen molar-refractivity contribution in [3.8, 4) is 0 Å². The second kappa shape index (κ2) is 5.99. The Hall–Kier alpha value is -0.660. The van der Waals surface area contributed by atoms with Crippen LogP contribution >= 0.6 is 0 Å². The minimum atomic E-state index is -3.37. The monoisotopic (exact) mass is 277 g/mol. The number of nitrogens with two attached hydrogens (primary N) is 1. The normalized spacial score (nSPS) is 27.0. The molecule has 1 aliphatic rings. The first-order chi connectivity index (χ1) is 8.26. The number of carbonyl (C=O) groups excluding carboxylic acids is 1. The molecule has 1 aliphatic heterocycles. The Balaban J connectivity index is 2.75. The summed E-state index contributed by atoms with van der Waals surface area (Å²) in [7, 11) is -3.37. The van der Waals surface area contributed by atoms with Gasteiger partial charge in [0.1, 0.15) is 0 Å². The van der Waals surface area contributed by atoms with Gasteiger partial charge in [-0.05, 0) is 25.7 Å². The van der Waals surface area contributed by atoms with Crippen LogP contribution in [0.3, 0.4) is 0 Å². The first-order valence-corrected chi connectivity index (χ1v) is 8.13. The molecule has 0 aliphatic carbocycles. The molecule has 1 saturated heterocycles. The molecule has 18 heavy (non-hydrogen) atoms. The highest BCUT2D eigenvalue weighted by atomic mass is 32.2. The van der Waals surface area contributed by atoms with Crippen LogP contribution in [0.1, 0.15) is 26.7 Å². The van der Waals surface area contributed by atoms with E-state index < -0.39 is 16.1 Å². The summed E-state index contributed by atoms with van der Waals surface area (Å²) in [5.74, 6) is 0.167. The number of rotatable bonds is 4. The van der Waals surface area contributed by atoms with E-state index in [1.165, 1.54) is 0 Å². The lowest BCUT2D eigenvalue weighted by atomic mass is 9.90. The van der Waals surface area contributed by atoms with E-state index in [9.17, 15) is 13.2 Å². The van der Waals surface area contributed by atoms with Crippen LogP contribution in [0.5, 0.6) is 0 Å². The fraction of sp³-hybridized carbons (Fsp3) is 0.909. The summed E-state index contributed by atoms with van der Waals surface area (Å²) in [6, 6.07) is -0.727. The Morgan fingerprint density at radius 3 is 2.67 bits per heavy atom. The average molecular weight is 277 g/mol. The minimum absolute atomic E-state index is 0.00932. The molecule has 0 spiro atoms. The highest BCUT2D eigenvalue weighted by Crippen LogP contribution is 2.23. The van der Waals surface area contributed by atoms with Crippen molar-refractivity contribution in [3.05, 3.63) is 0 Å². The van der Waals surface area contributed by atoms with E-state index in [0.29, 0.717) is 19.0 Å². The molecule has 1 fully saturated rings. The van der Waals surface area contributed by atoms with Gasteiger partial charge in [-0.2, -0.15) is 0 Å².